The average molecular weight is 341 g/mol. The first-order chi connectivity index (χ1) is 11.2. The molecule has 128 valence electrons. The molecule has 0 bridgehead atoms. The van der Waals surface area contributed by atoms with Crippen LogP contribution in [0.3, 0.4) is 0 Å². The Bertz CT molecular complexity index is 718. The van der Waals surface area contributed by atoms with Crippen LogP contribution >= 0.6 is 0 Å². The molecule has 0 radical (unpaired) electrons. The summed E-state index contributed by atoms with van der Waals surface area (Å²) in [5.41, 5.74) is 1.11. The summed E-state index contributed by atoms with van der Waals surface area (Å²) in [5, 5.41) is 11.6. The van der Waals surface area contributed by atoms with E-state index in [9.17, 15) is 18.0 Å². The van der Waals surface area contributed by atoms with Gasteiger partial charge in [-0.25, -0.2) is 9.97 Å². The Hall–Kier alpha value is -2.84. The lowest BCUT2D eigenvalue weighted by atomic mass is 10.1. The lowest BCUT2D eigenvalue weighted by Gasteiger charge is -2.14. The molecule has 1 heterocycles. The highest BCUT2D eigenvalue weighted by molar-refractivity contribution is 5.90. The second kappa shape index (κ2) is 7.16. The maximum Gasteiger partial charge on any atom is 0.422 e. The summed E-state index contributed by atoms with van der Waals surface area (Å²) >= 11 is 0. The van der Waals surface area contributed by atoms with Gasteiger partial charge in [0.2, 0.25) is 5.82 Å². The van der Waals surface area contributed by atoms with Crippen LogP contribution in [0.25, 0.3) is 0 Å². The van der Waals surface area contributed by atoms with Crippen LogP contribution in [0.15, 0.2) is 30.6 Å². The van der Waals surface area contributed by atoms with Gasteiger partial charge in [0.05, 0.1) is 12.4 Å². The molecule has 24 heavy (non-hydrogen) atoms. The van der Waals surface area contributed by atoms with Gasteiger partial charge in [-0.1, -0.05) is 12.1 Å². The summed E-state index contributed by atoms with van der Waals surface area (Å²) in [6, 6.07) is 4.72. The van der Waals surface area contributed by atoms with Crippen molar-refractivity contribution in [1.82, 2.24) is 15.3 Å². The quantitative estimate of drug-likeness (QED) is 0.872. The molecule has 1 aromatic heterocycles. The van der Waals surface area contributed by atoms with Gasteiger partial charge in [0.1, 0.15) is 5.75 Å². The molecule has 6 nitrogen and oxygen atoms in total. The summed E-state index contributed by atoms with van der Waals surface area (Å²) in [4.78, 5) is 19.2. The van der Waals surface area contributed by atoms with Crippen molar-refractivity contribution in [3.63, 3.8) is 0 Å². The summed E-state index contributed by atoms with van der Waals surface area (Å²) in [6.07, 6.45) is -2.33. The van der Waals surface area contributed by atoms with Crippen molar-refractivity contribution in [3.05, 3.63) is 47.5 Å². The fourth-order valence-corrected chi connectivity index (χ4v) is 1.79. The van der Waals surface area contributed by atoms with Gasteiger partial charge in [0.15, 0.2) is 12.4 Å². The lowest BCUT2D eigenvalue weighted by Crippen LogP contribution is -2.25. The third-order valence-electron chi connectivity index (χ3n) is 2.89. The van der Waals surface area contributed by atoms with Crippen LogP contribution in [0.5, 0.6) is 11.5 Å². The van der Waals surface area contributed by atoms with Crippen LogP contribution in [0.1, 0.15) is 21.7 Å². The zero-order valence-electron chi connectivity index (χ0n) is 12.6. The number of hydrogen-bond donors (Lipinski definition) is 2. The molecule has 1 amide bonds. The predicted octanol–water partition coefficient (Wildman–Crippen LogP) is 2.36. The normalized spacial score (nSPS) is 11.2. The number of halogens is 3. The van der Waals surface area contributed by atoms with Crippen molar-refractivity contribution in [1.29, 1.82) is 0 Å². The summed E-state index contributed by atoms with van der Waals surface area (Å²) in [5.74, 6) is -0.942. The van der Waals surface area contributed by atoms with Crippen LogP contribution in [-0.4, -0.2) is 33.8 Å². The number of alkyl halides is 3. The van der Waals surface area contributed by atoms with Crippen LogP contribution in [0, 0.1) is 6.92 Å². The van der Waals surface area contributed by atoms with E-state index in [-0.39, 0.29) is 23.9 Å². The highest BCUT2D eigenvalue weighted by Crippen LogP contribution is 2.23. The van der Waals surface area contributed by atoms with Gasteiger partial charge in [0.25, 0.3) is 5.91 Å². The molecule has 0 aliphatic carbocycles. The molecule has 0 atom stereocenters. The number of aryl methyl sites for hydroxylation is 1. The SMILES string of the molecule is Cc1ccc(CNC(=O)c2ncc(O)cn2)c(OCC(F)(F)F)c1. The zero-order valence-corrected chi connectivity index (χ0v) is 12.6. The van der Waals surface area contributed by atoms with E-state index in [0.29, 0.717) is 5.56 Å². The van der Waals surface area contributed by atoms with Crippen molar-refractivity contribution < 1.29 is 27.8 Å². The number of aromatic nitrogens is 2. The minimum atomic E-state index is -4.45. The highest BCUT2D eigenvalue weighted by atomic mass is 19.4. The number of ether oxygens (including phenoxy) is 1. The monoisotopic (exact) mass is 341 g/mol. The predicted molar refractivity (Wildman–Crippen MR) is 77.6 cm³/mol. The topological polar surface area (TPSA) is 84.3 Å². The number of rotatable bonds is 5. The third kappa shape index (κ3) is 5.11. The maximum atomic E-state index is 12.3. The summed E-state index contributed by atoms with van der Waals surface area (Å²) in [7, 11) is 0. The molecule has 0 aliphatic heterocycles. The number of carbonyl (C=O) groups is 1. The van der Waals surface area contributed by atoms with E-state index in [2.05, 4.69) is 15.3 Å². The van der Waals surface area contributed by atoms with Crippen LogP contribution in [0.4, 0.5) is 13.2 Å². The fourth-order valence-electron chi connectivity index (χ4n) is 1.79. The van der Waals surface area contributed by atoms with Crippen LogP contribution in [-0.2, 0) is 6.54 Å². The van der Waals surface area contributed by atoms with E-state index < -0.39 is 18.7 Å². The Kier molecular flexibility index (Phi) is 5.22. The fraction of sp³-hybridized carbons (Fsp3) is 0.267. The molecule has 9 heteroatoms. The Labute approximate surface area is 135 Å². The number of nitrogens with zero attached hydrogens (tertiary/aromatic N) is 2. The zero-order chi connectivity index (χ0) is 17.7. The number of aromatic hydroxyl groups is 1. The number of hydrogen-bond acceptors (Lipinski definition) is 5. The van der Waals surface area contributed by atoms with Crippen molar-refractivity contribution in [2.75, 3.05) is 6.61 Å². The van der Waals surface area contributed by atoms with Gasteiger partial charge >= 0.3 is 6.18 Å². The van der Waals surface area contributed by atoms with Crippen molar-refractivity contribution in [3.8, 4) is 11.5 Å². The smallest absolute Gasteiger partial charge is 0.422 e. The van der Waals surface area contributed by atoms with Gasteiger partial charge in [-0.2, -0.15) is 13.2 Å². The number of amides is 1. The second-order valence-corrected chi connectivity index (χ2v) is 4.96. The first-order valence-corrected chi connectivity index (χ1v) is 6.83. The number of benzene rings is 1. The van der Waals surface area contributed by atoms with E-state index >= 15 is 0 Å². The Morgan fingerprint density at radius 3 is 2.58 bits per heavy atom. The van der Waals surface area contributed by atoms with Gasteiger partial charge in [-0.15, -0.1) is 0 Å². The standard InChI is InChI=1S/C15H14F3N3O3/c1-9-2-3-10(12(4-9)24-8-15(16,17)18)5-21-14(23)13-19-6-11(22)7-20-13/h2-4,6-7,22H,5,8H2,1H3,(H,21,23). The van der Waals surface area contributed by atoms with Gasteiger partial charge in [-0.05, 0) is 18.6 Å². The Morgan fingerprint density at radius 1 is 1.29 bits per heavy atom. The van der Waals surface area contributed by atoms with Gasteiger partial charge in [0, 0.05) is 12.1 Å². The molecular weight excluding hydrogens is 327 g/mol. The lowest BCUT2D eigenvalue weighted by molar-refractivity contribution is -0.153. The Morgan fingerprint density at radius 2 is 1.96 bits per heavy atom. The molecule has 1 aromatic carbocycles. The maximum absolute atomic E-state index is 12.3. The average Bonchev–Trinajstić information content (AvgIpc) is 2.51. The molecule has 0 saturated carbocycles. The molecule has 0 aliphatic rings. The molecular formula is C15H14F3N3O3. The molecule has 0 spiro atoms. The van der Waals surface area contributed by atoms with Crippen LogP contribution < -0.4 is 10.1 Å². The van der Waals surface area contributed by atoms with E-state index in [4.69, 9.17) is 9.84 Å². The minimum absolute atomic E-state index is 0.0410. The molecule has 2 N–H and O–H groups in total. The highest BCUT2D eigenvalue weighted by Gasteiger charge is 2.28. The van der Waals surface area contributed by atoms with E-state index in [1.165, 1.54) is 6.07 Å². The summed E-state index contributed by atoms with van der Waals surface area (Å²) in [6.45, 7) is 0.238. The molecule has 0 fully saturated rings. The molecule has 0 unspecified atom stereocenters. The molecule has 0 saturated heterocycles. The number of nitrogens with one attached hydrogen (secondary N) is 1. The van der Waals surface area contributed by atoms with Gasteiger partial charge in [-0.3, -0.25) is 4.79 Å². The second-order valence-electron chi connectivity index (χ2n) is 4.96. The molecule has 2 rings (SSSR count). The van der Waals surface area contributed by atoms with E-state index in [1.807, 2.05) is 0 Å². The van der Waals surface area contributed by atoms with Crippen molar-refractivity contribution in [2.45, 2.75) is 19.6 Å². The van der Waals surface area contributed by atoms with Gasteiger partial charge < -0.3 is 15.2 Å². The van der Waals surface area contributed by atoms with E-state index in [1.54, 1.807) is 19.1 Å². The minimum Gasteiger partial charge on any atom is -0.505 e. The van der Waals surface area contributed by atoms with Crippen molar-refractivity contribution in [2.24, 2.45) is 0 Å². The van der Waals surface area contributed by atoms with Crippen LogP contribution in [0.2, 0.25) is 0 Å². The third-order valence-corrected chi connectivity index (χ3v) is 2.89. The van der Waals surface area contributed by atoms with Crippen molar-refractivity contribution >= 4 is 5.91 Å². The number of carbonyl (C=O) groups excluding carboxylic acids is 1. The first kappa shape index (κ1) is 17.5. The summed E-state index contributed by atoms with van der Waals surface area (Å²) < 4.78 is 41.7. The Balaban J connectivity index is 2.06. The largest absolute Gasteiger partial charge is 0.505 e. The molecule has 2 aromatic rings. The first-order valence-electron chi connectivity index (χ1n) is 6.83. The van der Waals surface area contributed by atoms with E-state index in [0.717, 1.165) is 18.0 Å².